The standard InChI is InChI=1S/C11H18N4O2/c1-5-11(4,9(16)17)15-8(12-13-14-15)7-6-10(7,2)3/h7H,5-6H2,1-4H3,(H,16,17). The van der Waals surface area contributed by atoms with Gasteiger partial charge in [-0.1, -0.05) is 20.8 Å². The van der Waals surface area contributed by atoms with Gasteiger partial charge in [0.15, 0.2) is 11.4 Å². The highest BCUT2D eigenvalue weighted by molar-refractivity contribution is 5.76. The summed E-state index contributed by atoms with van der Waals surface area (Å²) in [6.07, 6.45) is 1.46. The number of carboxylic acid groups (broad SMARTS) is 1. The normalized spacial score (nSPS) is 25.3. The van der Waals surface area contributed by atoms with Gasteiger partial charge in [-0.15, -0.1) is 5.10 Å². The molecule has 1 fully saturated rings. The lowest BCUT2D eigenvalue weighted by Gasteiger charge is -2.24. The Balaban J connectivity index is 2.40. The number of carboxylic acids is 1. The minimum absolute atomic E-state index is 0.180. The van der Waals surface area contributed by atoms with E-state index in [0.29, 0.717) is 12.2 Å². The maximum absolute atomic E-state index is 11.4. The van der Waals surface area contributed by atoms with Gasteiger partial charge >= 0.3 is 5.97 Å². The molecule has 0 aromatic carbocycles. The van der Waals surface area contributed by atoms with E-state index in [1.54, 1.807) is 6.92 Å². The molecule has 1 aliphatic carbocycles. The van der Waals surface area contributed by atoms with Crippen LogP contribution in [-0.4, -0.2) is 31.3 Å². The van der Waals surface area contributed by atoms with Gasteiger partial charge in [0.05, 0.1) is 0 Å². The van der Waals surface area contributed by atoms with E-state index in [9.17, 15) is 9.90 Å². The van der Waals surface area contributed by atoms with E-state index in [1.807, 2.05) is 6.92 Å². The third-order valence-electron chi connectivity index (χ3n) is 3.94. The SMILES string of the molecule is CCC(C)(C(=O)O)n1nnnc1C1CC1(C)C. The highest BCUT2D eigenvalue weighted by Gasteiger charge is 2.52. The Morgan fingerprint density at radius 3 is 2.65 bits per heavy atom. The van der Waals surface area contributed by atoms with E-state index in [4.69, 9.17) is 0 Å². The van der Waals surface area contributed by atoms with Gasteiger partial charge < -0.3 is 5.11 Å². The Kier molecular flexibility index (Phi) is 2.48. The summed E-state index contributed by atoms with van der Waals surface area (Å²) in [6, 6.07) is 0. The number of nitrogens with zero attached hydrogens (tertiary/aromatic N) is 4. The fourth-order valence-corrected chi connectivity index (χ4v) is 2.06. The van der Waals surface area contributed by atoms with Crippen molar-refractivity contribution in [2.45, 2.75) is 52.0 Å². The zero-order valence-corrected chi connectivity index (χ0v) is 10.6. The summed E-state index contributed by atoms with van der Waals surface area (Å²) < 4.78 is 1.48. The van der Waals surface area contributed by atoms with Crippen LogP contribution in [0.2, 0.25) is 0 Å². The lowest BCUT2D eigenvalue weighted by atomic mass is 9.99. The van der Waals surface area contributed by atoms with Crippen molar-refractivity contribution in [3.05, 3.63) is 5.82 Å². The first-order valence-corrected chi connectivity index (χ1v) is 5.85. The summed E-state index contributed by atoms with van der Waals surface area (Å²) in [5.41, 5.74) is -0.878. The molecule has 1 aromatic heterocycles. The number of rotatable bonds is 4. The highest BCUT2D eigenvalue weighted by Crippen LogP contribution is 2.58. The van der Waals surface area contributed by atoms with Crippen LogP contribution in [0.3, 0.4) is 0 Å². The van der Waals surface area contributed by atoms with Gasteiger partial charge in [0.1, 0.15) is 0 Å². The second-order valence-electron chi connectivity index (χ2n) is 5.63. The van der Waals surface area contributed by atoms with Crippen LogP contribution in [0, 0.1) is 5.41 Å². The number of hydrogen-bond acceptors (Lipinski definition) is 4. The molecule has 2 unspecified atom stereocenters. The fraction of sp³-hybridized carbons (Fsp3) is 0.818. The van der Waals surface area contributed by atoms with Crippen molar-refractivity contribution in [1.29, 1.82) is 0 Å². The molecule has 2 atom stereocenters. The van der Waals surface area contributed by atoms with Crippen molar-refractivity contribution < 1.29 is 9.90 Å². The van der Waals surface area contributed by atoms with Crippen LogP contribution in [0.5, 0.6) is 0 Å². The average molecular weight is 238 g/mol. The van der Waals surface area contributed by atoms with Gasteiger partial charge in [0.25, 0.3) is 0 Å². The van der Waals surface area contributed by atoms with E-state index in [1.165, 1.54) is 4.68 Å². The van der Waals surface area contributed by atoms with Gasteiger partial charge in [0, 0.05) is 5.92 Å². The van der Waals surface area contributed by atoms with Crippen molar-refractivity contribution in [3.63, 3.8) is 0 Å². The van der Waals surface area contributed by atoms with Crippen molar-refractivity contribution in [1.82, 2.24) is 20.2 Å². The van der Waals surface area contributed by atoms with Crippen LogP contribution in [0.15, 0.2) is 0 Å². The van der Waals surface area contributed by atoms with Crippen molar-refractivity contribution in [2.24, 2.45) is 5.41 Å². The van der Waals surface area contributed by atoms with Gasteiger partial charge in [-0.25, -0.2) is 9.48 Å². The van der Waals surface area contributed by atoms with E-state index < -0.39 is 11.5 Å². The first-order valence-electron chi connectivity index (χ1n) is 5.85. The molecule has 1 aliphatic rings. The molecule has 0 radical (unpaired) electrons. The largest absolute Gasteiger partial charge is 0.479 e. The molecule has 1 saturated carbocycles. The minimum atomic E-state index is -1.06. The van der Waals surface area contributed by atoms with Crippen LogP contribution in [0.1, 0.15) is 52.3 Å². The van der Waals surface area contributed by atoms with Crippen LogP contribution < -0.4 is 0 Å². The maximum atomic E-state index is 11.4. The molecular formula is C11H18N4O2. The van der Waals surface area contributed by atoms with Crippen LogP contribution >= 0.6 is 0 Å². The van der Waals surface area contributed by atoms with Gasteiger partial charge in [-0.3, -0.25) is 0 Å². The molecule has 0 spiro atoms. The maximum Gasteiger partial charge on any atom is 0.331 e. The zero-order valence-electron chi connectivity index (χ0n) is 10.6. The monoisotopic (exact) mass is 238 g/mol. The molecule has 0 amide bonds. The van der Waals surface area contributed by atoms with Gasteiger partial charge in [-0.2, -0.15) is 0 Å². The Hall–Kier alpha value is -1.46. The van der Waals surface area contributed by atoms with Crippen molar-refractivity contribution >= 4 is 5.97 Å². The number of hydrogen-bond donors (Lipinski definition) is 1. The Labute approximate surface area is 100 Å². The molecule has 6 heteroatoms. The molecular weight excluding hydrogens is 220 g/mol. The second kappa shape index (κ2) is 3.51. The predicted octanol–water partition coefficient (Wildman–Crippen LogP) is 1.40. The first-order chi connectivity index (χ1) is 7.83. The Morgan fingerprint density at radius 2 is 2.24 bits per heavy atom. The number of tetrazole rings is 1. The molecule has 0 saturated heterocycles. The van der Waals surface area contributed by atoms with Crippen molar-refractivity contribution in [2.75, 3.05) is 0 Å². The predicted molar refractivity (Wildman–Crippen MR) is 60.5 cm³/mol. The van der Waals surface area contributed by atoms with E-state index in [-0.39, 0.29) is 11.3 Å². The number of carbonyl (C=O) groups is 1. The van der Waals surface area contributed by atoms with Gasteiger partial charge in [0.2, 0.25) is 0 Å². The summed E-state index contributed by atoms with van der Waals surface area (Å²) >= 11 is 0. The van der Waals surface area contributed by atoms with Gasteiger partial charge in [-0.05, 0) is 35.6 Å². The summed E-state index contributed by atoms with van der Waals surface area (Å²) in [5, 5.41) is 20.9. The summed E-state index contributed by atoms with van der Waals surface area (Å²) in [6.45, 7) is 7.77. The molecule has 17 heavy (non-hydrogen) atoms. The molecule has 94 valence electrons. The molecule has 1 N–H and O–H groups in total. The van der Waals surface area contributed by atoms with Crippen LogP contribution in [0.4, 0.5) is 0 Å². The topological polar surface area (TPSA) is 80.9 Å². The van der Waals surface area contributed by atoms with E-state index in [0.717, 1.165) is 6.42 Å². The quantitative estimate of drug-likeness (QED) is 0.857. The molecule has 1 heterocycles. The third kappa shape index (κ3) is 1.71. The van der Waals surface area contributed by atoms with E-state index in [2.05, 4.69) is 29.4 Å². The fourth-order valence-electron chi connectivity index (χ4n) is 2.06. The summed E-state index contributed by atoms with van der Waals surface area (Å²) in [4.78, 5) is 11.4. The second-order valence-corrected chi connectivity index (χ2v) is 5.63. The lowest BCUT2D eigenvalue weighted by molar-refractivity contribution is -0.147. The van der Waals surface area contributed by atoms with Crippen molar-refractivity contribution in [3.8, 4) is 0 Å². The molecule has 6 nitrogen and oxygen atoms in total. The van der Waals surface area contributed by atoms with Crippen LogP contribution in [0.25, 0.3) is 0 Å². The molecule has 0 bridgehead atoms. The number of aromatic nitrogens is 4. The lowest BCUT2D eigenvalue weighted by Crippen LogP contribution is -2.40. The third-order valence-corrected chi connectivity index (χ3v) is 3.94. The van der Waals surface area contributed by atoms with E-state index >= 15 is 0 Å². The highest BCUT2D eigenvalue weighted by atomic mass is 16.4. The molecule has 1 aromatic rings. The minimum Gasteiger partial charge on any atom is -0.479 e. The Morgan fingerprint density at radius 1 is 1.65 bits per heavy atom. The average Bonchev–Trinajstić information content (AvgIpc) is 2.70. The summed E-state index contributed by atoms with van der Waals surface area (Å²) in [7, 11) is 0. The smallest absolute Gasteiger partial charge is 0.331 e. The Bertz CT molecular complexity index is 454. The molecule has 0 aliphatic heterocycles. The van der Waals surface area contributed by atoms with Crippen LogP contribution in [-0.2, 0) is 10.3 Å². The molecule has 2 rings (SSSR count). The first kappa shape index (κ1) is 12.0. The number of aliphatic carboxylic acids is 1. The zero-order chi connectivity index (χ0) is 12.8. The summed E-state index contributed by atoms with van der Waals surface area (Å²) in [5.74, 6) is 0.0662.